The number of fused-ring (bicyclic) bond motifs is 2. The average Bonchev–Trinajstić information content (AvgIpc) is 2.70. The van der Waals surface area contributed by atoms with E-state index in [1.165, 1.54) is 24.3 Å². The number of phenols is 2. The predicted molar refractivity (Wildman–Crippen MR) is 105 cm³/mol. The number of aromatic hydroxyl groups is 2. The molecule has 2 N–H and O–H groups in total. The van der Waals surface area contributed by atoms with Gasteiger partial charge in [-0.2, -0.15) is 0 Å². The second-order valence-electron chi connectivity index (χ2n) is 6.16. The van der Waals surface area contributed by atoms with Gasteiger partial charge in [0.2, 0.25) is 0 Å². The highest BCUT2D eigenvalue weighted by atomic mass is 32.2. The smallest absolute Gasteiger partial charge is 0.189 e. The molecule has 1 aliphatic heterocycles. The van der Waals surface area contributed by atoms with E-state index in [0.29, 0.717) is 11.3 Å². The first kappa shape index (κ1) is 17.9. The average molecular weight is 394 g/mol. The second-order valence-corrected chi connectivity index (χ2v) is 8.14. The number of ketones is 1. The van der Waals surface area contributed by atoms with Crippen molar-refractivity contribution in [3.8, 4) is 11.5 Å². The molecule has 0 saturated heterocycles. The minimum Gasteiger partial charge on any atom is -0.506 e. The van der Waals surface area contributed by atoms with Crippen LogP contribution in [0.15, 0.2) is 58.4 Å². The van der Waals surface area contributed by atoms with E-state index >= 15 is 0 Å². The lowest BCUT2D eigenvalue weighted by atomic mass is 10.1. The van der Waals surface area contributed by atoms with Gasteiger partial charge in [0.15, 0.2) is 21.4 Å². The summed E-state index contributed by atoms with van der Waals surface area (Å²) in [6, 6.07) is 11.7. The number of phenolic OH excluding ortho intramolecular Hbond substituents is 2. The minimum absolute atomic E-state index is 0.000176. The summed E-state index contributed by atoms with van der Waals surface area (Å²) in [5, 5.41) is 21.0. The molecule has 0 atom stereocenters. The van der Waals surface area contributed by atoms with Crippen LogP contribution in [0.4, 0.5) is 5.69 Å². The fourth-order valence-electron chi connectivity index (χ4n) is 2.98. The van der Waals surface area contributed by atoms with Gasteiger partial charge in [0, 0.05) is 17.2 Å². The van der Waals surface area contributed by atoms with Crippen LogP contribution in [0.1, 0.15) is 16.1 Å². The van der Waals surface area contributed by atoms with Crippen LogP contribution in [0.5, 0.6) is 11.5 Å². The fourth-order valence-corrected chi connectivity index (χ4v) is 4.26. The Bertz CT molecular complexity index is 1280. The summed E-state index contributed by atoms with van der Waals surface area (Å²) >= 11 is 0. The molecule has 2 heterocycles. The molecule has 0 radical (unpaired) electrons. The number of allylic oxidation sites excluding steroid dienone is 1. The fraction of sp³-hybridized carbons (Fsp3) is 0.0500. The van der Waals surface area contributed by atoms with E-state index in [9.17, 15) is 23.4 Å². The van der Waals surface area contributed by atoms with Crippen LogP contribution in [0.2, 0.25) is 0 Å². The van der Waals surface area contributed by atoms with Gasteiger partial charge in [0.25, 0.3) is 0 Å². The van der Waals surface area contributed by atoms with Crippen molar-refractivity contribution in [3.05, 3.63) is 59.8 Å². The first-order valence-electron chi connectivity index (χ1n) is 8.30. The predicted octanol–water partition coefficient (Wildman–Crippen LogP) is 3.03. The van der Waals surface area contributed by atoms with Crippen LogP contribution in [-0.2, 0) is 9.84 Å². The number of carbonyl (C=O) groups is 1. The lowest BCUT2D eigenvalue weighted by Crippen LogP contribution is -2.12. The van der Waals surface area contributed by atoms with Gasteiger partial charge in [0.05, 0.1) is 11.4 Å². The van der Waals surface area contributed by atoms with Crippen molar-refractivity contribution in [1.82, 2.24) is 4.98 Å². The van der Waals surface area contributed by atoms with E-state index in [-0.39, 0.29) is 28.1 Å². The highest BCUT2D eigenvalue weighted by molar-refractivity contribution is 7.92. The molecule has 2 aromatic carbocycles. The monoisotopic (exact) mass is 394 g/mol. The van der Waals surface area contributed by atoms with Crippen molar-refractivity contribution in [1.29, 1.82) is 0 Å². The molecule has 0 saturated carbocycles. The molecule has 0 amide bonds. The van der Waals surface area contributed by atoms with Crippen LogP contribution < -0.4 is 0 Å². The lowest BCUT2D eigenvalue weighted by Gasteiger charge is -2.16. The van der Waals surface area contributed by atoms with Crippen molar-refractivity contribution in [2.45, 2.75) is 4.90 Å². The number of aromatic nitrogens is 1. The second kappa shape index (κ2) is 6.58. The number of nitrogens with zero attached hydrogens (tertiary/aromatic N) is 2. The summed E-state index contributed by atoms with van der Waals surface area (Å²) in [5.74, 6) is -1.50. The summed E-state index contributed by atoms with van der Waals surface area (Å²) in [5.41, 5.74) is 0.646. The van der Waals surface area contributed by atoms with E-state index < -0.39 is 26.2 Å². The number of aliphatic imine (C=N–C) groups is 1. The number of carbonyl (C=O) groups excluding carboxylic acids is 1. The molecule has 0 bridgehead atoms. The normalized spacial score (nSPS) is 15.0. The summed E-state index contributed by atoms with van der Waals surface area (Å²) in [6.45, 7) is 0. The number of hydrogen-bond donors (Lipinski definition) is 2. The first-order chi connectivity index (χ1) is 13.4. The van der Waals surface area contributed by atoms with Crippen molar-refractivity contribution < 1.29 is 23.4 Å². The maximum Gasteiger partial charge on any atom is 0.189 e. The number of rotatable bonds is 3. The van der Waals surface area contributed by atoms with E-state index in [0.717, 1.165) is 6.21 Å². The number of sulfone groups is 1. The third-order valence-electron chi connectivity index (χ3n) is 4.34. The Hall–Kier alpha value is -3.52. The van der Waals surface area contributed by atoms with Gasteiger partial charge >= 0.3 is 0 Å². The zero-order chi connectivity index (χ0) is 19.9. The first-order valence-corrected chi connectivity index (χ1v) is 9.95. The van der Waals surface area contributed by atoms with Gasteiger partial charge in [-0.1, -0.05) is 30.3 Å². The van der Waals surface area contributed by atoms with Gasteiger partial charge in [0.1, 0.15) is 21.8 Å². The van der Waals surface area contributed by atoms with Crippen molar-refractivity contribution in [2.75, 3.05) is 5.75 Å². The maximum absolute atomic E-state index is 12.2. The summed E-state index contributed by atoms with van der Waals surface area (Å²) in [4.78, 5) is 19.9. The molecule has 1 aliphatic rings. The molecule has 28 heavy (non-hydrogen) atoms. The lowest BCUT2D eigenvalue weighted by molar-refractivity contribution is 0.104. The molecule has 0 fully saturated rings. The van der Waals surface area contributed by atoms with Gasteiger partial charge in [-0.15, -0.1) is 0 Å². The summed E-state index contributed by atoms with van der Waals surface area (Å²) in [7, 11) is -3.79. The van der Waals surface area contributed by atoms with E-state index in [2.05, 4.69) is 9.98 Å². The molecule has 4 rings (SSSR count). The van der Waals surface area contributed by atoms with E-state index in [4.69, 9.17) is 0 Å². The van der Waals surface area contributed by atoms with Crippen molar-refractivity contribution in [3.63, 3.8) is 0 Å². The summed E-state index contributed by atoms with van der Waals surface area (Å²) in [6.07, 6.45) is 3.98. The molecule has 0 spiro atoms. The van der Waals surface area contributed by atoms with Gasteiger partial charge in [-0.05, 0) is 24.3 Å². The maximum atomic E-state index is 12.2. The third kappa shape index (κ3) is 2.93. The van der Waals surface area contributed by atoms with E-state index in [1.807, 2.05) is 6.07 Å². The topological polar surface area (TPSA) is 117 Å². The van der Waals surface area contributed by atoms with Crippen LogP contribution >= 0.6 is 0 Å². The quantitative estimate of drug-likeness (QED) is 0.401. The molecule has 0 aliphatic carbocycles. The molecule has 1 aromatic heterocycles. The zero-order valence-corrected chi connectivity index (χ0v) is 15.2. The SMILES string of the molecule is O=C(C=Cc1ccc2c(O)c3c(c(O)c2n1)N=CCS3(=O)=O)c1ccccc1. The molecule has 3 aromatic rings. The number of hydrogen-bond acceptors (Lipinski definition) is 7. The zero-order valence-electron chi connectivity index (χ0n) is 14.4. The van der Waals surface area contributed by atoms with Crippen LogP contribution in [0, 0.1) is 0 Å². The Kier molecular flexibility index (Phi) is 4.20. The van der Waals surface area contributed by atoms with Crippen molar-refractivity contribution >= 4 is 44.5 Å². The number of pyridine rings is 1. The molecule has 0 unspecified atom stereocenters. The Morgan fingerprint density at radius 1 is 1.04 bits per heavy atom. The summed E-state index contributed by atoms with van der Waals surface area (Å²) < 4.78 is 24.5. The van der Waals surface area contributed by atoms with Crippen LogP contribution in [0.3, 0.4) is 0 Å². The Morgan fingerprint density at radius 2 is 1.79 bits per heavy atom. The Morgan fingerprint density at radius 3 is 2.54 bits per heavy atom. The number of benzene rings is 2. The highest BCUT2D eigenvalue weighted by Gasteiger charge is 2.31. The molecular formula is C20H14N2O5S. The van der Waals surface area contributed by atoms with Gasteiger partial charge < -0.3 is 10.2 Å². The Labute approximate surface area is 160 Å². The van der Waals surface area contributed by atoms with E-state index in [1.54, 1.807) is 24.3 Å². The molecule has 140 valence electrons. The van der Waals surface area contributed by atoms with Crippen molar-refractivity contribution in [2.24, 2.45) is 4.99 Å². The van der Waals surface area contributed by atoms with Gasteiger partial charge in [-0.3, -0.25) is 9.79 Å². The standard InChI is InChI=1S/C20H14N2O5S/c23-15(12-4-2-1-3-5-12)9-7-13-6-8-14-16(22-13)19(25)17-20(18(14)24)28(26,27)11-10-21-17/h1-10,24-25H,11H2. The highest BCUT2D eigenvalue weighted by Crippen LogP contribution is 2.47. The Balaban J connectivity index is 1.81. The van der Waals surface area contributed by atoms with Crippen LogP contribution in [0.25, 0.3) is 17.0 Å². The minimum atomic E-state index is -3.79. The van der Waals surface area contributed by atoms with Gasteiger partial charge in [-0.25, -0.2) is 13.4 Å². The molecular weight excluding hydrogens is 380 g/mol. The largest absolute Gasteiger partial charge is 0.506 e. The molecule has 8 heteroatoms. The third-order valence-corrected chi connectivity index (χ3v) is 5.94. The van der Waals surface area contributed by atoms with Crippen LogP contribution in [-0.4, -0.2) is 41.4 Å². The molecule has 7 nitrogen and oxygen atoms in total.